The molecule has 2 heterocycles. The van der Waals surface area contributed by atoms with Gasteiger partial charge >= 0.3 is 0 Å². The fraction of sp³-hybridized carbons (Fsp3) is 0.667. The van der Waals surface area contributed by atoms with Crippen LogP contribution >= 0.6 is 0 Å². The summed E-state index contributed by atoms with van der Waals surface area (Å²) in [6.45, 7) is 10.0. The third-order valence-corrected chi connectivity index (χ3v) is 3.69. The summed E-state index contributed by atoms with van der Waals surface area (Å²) in [6, 6.07) is 6.12. The van der Waals surface area contributed by atoms with Gasteiger partial charge in [-0.3, -0.25) is 0 Å². The monoisotopic (exact) mass is 262 g/mol. The molecule has 19 heavy (non-hydrogen) atoms. The number of hydrogen-bond acceptors (Lipinski definition) is 4. The van der Waals surface area contributed by atoms with Crippen LogP contribution in [-0.4, -0.2) is 42.6 Å². The van der Waals surface area contributed by atoms with Crippen molar-refractivity contribution in [3.8, 4) is 0 Å². The molecule has 1 saturated heterocycles. The molecule has 1 aliphatic rings. The van der Waals surface area contributed by atoms with E-state index < -0.39 is 0 Å². The summed E-state index contributed by atoms with van der Waals surface area (Å²) in [5.41, 5.74) is 0. The molecule has 1 fully saturated rings. The highest BCUT2D eigenvalue weighted by atomic mass is 15.1. The lowest BCUT2D eigenvalue weighted by Gasteiger charge is -2.14. The first-order valence-electron chi connectivity index (χ1n) is 7.49. The van der Waals surface area contributed by atoms with Crippen LogP contribution in [0.3, 0.4) is 0 Å². The van der Waals surface area contributed by atoms with Gasteiger partial charge in [-0.2, -0.15) is 0 Å². The van der Waals surface area contributed by atoms with Gasteiger partial charge < -0.3 is 15.5 Å². The van der Waals surface area contributed by atoms with Crippen molar-refractivity contribution in [3.05, 3.63) is 18.2 Å². The van der Waals surface area contributed by atoms with Crippen molar-refractivity contribution < 1.29 is 0 Å². The molecule has 0 amide bonds. The molecule has 1 aromatic heterocycles. The van der Waals surface area contributed by atoms with E-state index in [0.29, 0.717) is 0 Å². The third kappa shape index (κ3) is 4.39. The first-order valence-corrected chi connectivity index (χ1v) is 7.49. The van der Waals surface area contributed by atoms with Crippen molar-refractivity contribution in [1.29, 1.82) is 0 Å². The summed E-state index contributed by atoms with van der Waals surface area (Å²) in [5.74, 6) is 2.71. The van der Waals surface area contributed by atoms with E-state index in [0.717, 1.165) is 37.1 Å². The zero-order valence-corrected chi connectivity index (χ0v) is 12.2. The Morgan fingerprint density at radius 1 is 1.26 bits per heavy atom. The Kier molecular flexibility index (Phi) is 5.45. The standard InChI is InChI=1S/C15H26N4/c1-3-9-16-14-6-5-7-15(18-14)17-11-13-8-10-19(4-2)12-13/h5-7,13H,3-4,8-12H2,1-2H3,(H2,16,17,18). The zero-order chi connectivity index (χ0) is 13.5. The minimum Gasteiger partial charge on any atom is -0.370 e. The van der Waals surface area contributed by atoms with E-state index in [1.165, 1.54) is 26.1 Å². The third-order valence-electron chi connectivity index (χ3n) is 3.69. The Hall–Kier alpha value is -1.29. The topological polar surface area (TPSA) is 40.2 Å². The van der Waals surface area contributed by atoms with Crippen LogP contribution in [0.1, 0.15) is 26.7 Å². The lowest BCUT2D eigenvalue weighted by molar-refractivity contribution is 0.345. The van der Waals surface area contributed by atoms with Gasteiger partial charge in [0.1, 0.15) is 11.6 Å². The van der Waals surface area contributed by atoms with Gasteiger partial charge in [0.05, 0.1) is 0 Å². The molecule has 0 spiro atoms. The molecule has 4 heteroatoms. The van der Waals surface area contributed by atoms with Gasteiger partial charge in [0.25, 0.3) is 0 Å². The molecule has 4 nitrogen and oxygen atoms in total. The molecule has 0 bridgehead atoms. The van der Waals surface area contributed by atoms with Crippen molar-refractivity contribution >= 4 is 11.6 Å². The fourth-order valence-electron chi connectivity index (χ4n) is 2.50. The maximum atomic E-state index is 4.57. The lowest BCUT2D eigenvalue weighted by Crippen LogP contribution is -2.22. The van der Waals surface area contributed by atoms with Gasteiger partial charge in [0.15, 0.2) is 0 Å². The first-order chi connectivity index (χ1) is 9.31. The van der Waals surface area contributed by atoms with Gasteiger partial charge in [0, 0.05) is 19.6 Å². The number of likely N-dealkylation sites (tertiary alicyclic amines) is 1. The van der Waals surface area contributed by atoms with E-state index >= 15 is 0 Å². The first kappa shape index (κ1) is 14.1. The molecule has 0 radical (unpaired) electrons. The molecular weight excluding hydrogens is 236 g/mol. The molecule has 1 unspecified atom stereocenters. The second-order valence-electron chi connectivity index (χ2n) is 5.26. The normalized spacial score (nSPS) is 19.6. The maximum Gasteiger partial charge on any atom is 0.128 e. The second kappa shape index (κ2) is 7.34. The highest BCUT2D eigenvalue weighted by Gasteiger charge is 2.20. The number of nitrogens with zero attached hydrogens (tertiary/aromatic N) is 2. The number of hydrogen-bond donors (Lipinski definition) is 2. The number of rotatable bonds is 7. The molecule has 2 rings (SSSR count). The predicted molar refractivity (Wildman–Crippen MR) is 81.7 cm³/mol. The smallest absolute Gasteiger partial charge is 0.128 e. The summed E-state index contributed by atoms with van der Waals surface area (Å²) in [5, 5.41) is 6.79. The quantitative estimate of drug-likeness (QED) is 0.792. The Morgan fingerprint density at radius 2 is 2.05 bits per heavy atom. The van der Waals surface area contributed by atoms with E-state index in [1.807, 2.05) is 12.1 Å². The van der Waals surface area contributed by atoms with Crippen LogP contribution in [0.4, 0.5) is 11.6 Å². The van der Waals surface area contributed by atoms with Crippen molar-refractivity contribution in [2.24, 2.45) is 5.92 Å². The van der Waals surface area contributed by atoms with Crippen LogP contribution < -0.4 is 10.6 Å². The molecule has 2 N–H and O–H groups in total. The Balaban J connectivity index is 1.79. The average Bonchev–Trinajstić information content (AvgIpc) is 2.91. The summed E-state index contributed by atoms with van der Waals surface area (Å²) in [4.78, 5) is 7.09. The van der Waals surface area contributed by atoms with Crippen molar-refractivity contribution in [3.63, 3.8) is 0 Å². The summed E-state index contributed by atoms with van der Waals surface area (Å²) in [6.07, 6.45) is 2.42. The highest BCUT2D eigenvalue weighted by Crippen LogP contribution is 2.17. The van der Waals surface area contributed by atoms with Crippen molar-refractivity contribution in [1.82, 2.24) is 9.88 Å². The molecule has 0 aromatic carbocycles. The molecular formula is C15H26N4. The van der Waals surface area contributed by atoms with Crippen LogP contribution in [0, 0.1) is 5.92 Å². The minimum atomic E-state index is 0.758. The molecule has 106 valence electrons. The fourth-order valence-corrected chi connectivity index (χ4v) is 2.50. The summed E-state index contributed by atoms with van der Waals surface area (Å²) >= 11 is 0. The van der Waals surface area contributed by atoms with Gasteiger partial charge in [-0.1, -0.05) is 19.9 Å². The second-order valence-corrected chi connectivity index (χ2v) is 5.26. The van der Waals surface area contributed by atoms with Gasteiger partial charge in [-0.25, -0.2) is 4.98 Å². The average molecular weight is 262 g/mol. The number of nitrogens with one attached hydrogen (secondary N) is 2. The molecule has 1 aromatic rings. The number of anilines is 2. The SMILES string of the molecule is CCCNc1cccc(NCC2CCN(CC)C2)n1. The molecule has 0 saturated carbocycles. The van der Waals surface area contributed by atoms with Crippen LogP contribution in [0.25, 0.3) is 0 Å². The van der Waals surface area contributed by atoms with Crippen LogP contribution in [0.2, 0.25) is 0 Å². The summed E-state index contributed by atoms with van der Waals surface area (Å²) < 4.78 is 0. The van der Waals surface area contributed by atoms with E-state index in [4.69, 9.17) is 0 Å². The highest BCUT2D eigenvalue weighted by molar-refractivity contribution is 5.45. The largest absolute Gasteiger partial charge is 0.370 e. The number of aromatic nitrogens is 1. The maximum absolute atomic E-state index is 4.57. The molecule has 1 atom stereocenters. The van der Waals surface area contributed by atoms with E-state index in [2.05, 4.69) is 40.4 Å². The Morgan fingerprint density at radius 3 is 2.74 bits per heavy atom. The van der Waals surface area contributed by atoms with Crippen LogP contribution in [0.5, 0.6) is 0 Å². The predicted octanol–water partition coefficient (Wildman–Crippen LogP) is 2.66. The summed E-state index contributed by atoms with van der Waals surface area (Å²) in [7, 11) is 0. The number of pyridine rings is 1. The van der Waals surface area contributed by atoms with Gasteiger partial charge in [0.2, 0.25) is 0 Å². The van der Waals surface area contributed by atoms with Crippen molar-refractivity contribution in [2.75, 3.05) is 43.4 Å². The van der Waals surface area contributed by atoms with Crippen LogP contribution in [0.15, 0.2) is 18.2 Å². The van der Waals surface area contributed by atoms with Crippen LogP contribution in [-0.2, 0) is 0 Å². The Bertz CT molecular complexity index is 380. The molecule has 1 aliphatic heterocycles. The van der Waals surface area contributed by atoms with Gasteiger partial charge in [-0.05, 0) is 44.0 Å². The zero-order valence-electron chi connectivity index (χ0n) is 12.2. The molecule has 0 aliphatic carbocycles. The van der Waals surface area contributed by atoms with Gasteiger partial charge in [-0.15, -0.1) is 0 Å². The van der Waals surface area contributed by atoms with Crippen molar-refractivity contribution in [2.45, 2.75) is 26.7 Å². The van der Waals surface area contributed by atoms with E-state index in [1.54, 1.807) is 0 Å². The minimum absolute atomic E-state index is 0.758. The van der Waals surface area contributed by atoms with E-state index in [-0.39, 0.29) is 0 Å². The Labute approximate surface area is 116 Å². The lowest BCUT2D eigenvalue weighted by atomic mass is 10.1. The van der Waals surface area contributed by atoms with E-state index in [9.17, 15) is 0 Å².